The molecule has 1 rings (SSSR count). The minimum absolute atomic E-state index is 0.0907. The number of esters is 1. The van der Waals surface area contributed by atoms with Crippen LogP contribution in [-0.4, -0.2) is 30.0 Å². The molecule has 0 saturated carbocycles. The average molecular weight is 308 g/mol. The summed E-state index contributed by atoms with van der Waals surface area (Å²) in [6.07, 6.45) is 2.95. The van der Waals surface area contributed by atoms with Crippen LogP contribution in [0.15, 0.2) is 18.2 Å². The zero-order valence-electron chi connectivity index (χ0n) is 12.8. The molecule has 7 heteroatoms. The summed E-state index contributed by atoms with van der Waals surface area (Å²) >= 11 is 0. The maximum Gasteiger partial charge on any atom is 0.339 e. The molecule has 0 unspecified atom stereocenters. The van der Waals surface area contributed by atoms with E-state index in [4.69, 9.17) is 4.74 Å². The van der Waals surface area contributed by atoms with Gasteiger partial charge in [-0.15, -0.1) is 0 Å². The second-order valence-corrected chi connectivity index (χ2v) is 4.84. The number of hydrogen-bond acceptors (Lipinski definition) is 5. The fraction of sp³-hybridized carbons (Fsp3) is 0.467. The monoisotopic (exact) mass is 308 g/mol. The van der Waals surface area contributed by atoms with Crippen molar-refractivity contribution in [3.63, 3.8) is 0 Å². The van der Waals surface area contributed by atoms with Crippen LogP contribution in [0.1, 0.15) is 42.1 Å². The summed E-state index contributed by atoms with van der Waals surface area (Å²) in [7, 11) is 0. The second kappa shape index (κ2) is 8.76. The minimum Gasteiger partial charge on any atom is -0.452 e. The molecule has 1 amide bonds. The van der Waals surface area contributed by atoms with Crippen molar-refractivity contribution < 1.29 is 19.2 Å². The van der Waals surface area contributed by atoms with Crippen LogP contribution < -0.4 is 5.32 Å². The summed E-state index contributed by atoms with van der Waals surface area (Å²) < 4.78 is 4.89. The lowest BCUT2D eigenvalue weighted by molar-refractivity contribution is -0.385. The van der Waals surface area contributed by atoms with Gasteiger partial charge in [-0.25, -0.2) is 4.79 Å². The summed E-state index contributed by atoms with van der Waals surface area (Å²) in [4.78, 5) is 33.7. The van der Waals surface area contributed by atoms with Gasteiger partial charge in [-0.3, -0.25) is 14.9 Å². The molecule has 0 saturated heterocycles. The van der Waals surface area contributed by atoms with E-state index in [1.54, 1.807) is 0 Å². The van der Waals surface area contributed by atoms with Gasteiger partial charge in [0.05, 0.1) is 10.5 Å². The molecule has 1 N–H and O–H groups in total. The van der Waals surface area contributed by atoms with Crippen LogP contribution in [0, 0.1) is 17.0 Å². The first kappa shape index (κ1) is 17.6. The van der Waals surface area contributed by atoms with Gasteiger partial charge in [0.1, 0.15) is 0 Å². The largest absolute Gasteiger partial charge is 0.452 e. The fourth-order valence-corrected chi connectivity index (χ4v) is 1.91. The van der Waals surface area contributed by atoms with Gasteiger partial charge in [0.2, 0.25) is 0 Å². The summed E-state index contributed by atoms with van der Waals surface area (Å²) in [6.45, 7) is 3.68. The quantitative estimate of drug-likeness (QED) is 0.344. The molecule has 0 spiro atoms. The topological polar surface area (TPSA) is 98.5 Å². The number of carbonyl (C=O) groups is 2. The lowest BCUT2D eigenvalue weighted by atomic mass is 10.1. The van der Waals surface area contributed by atoms with E-state index in [1.807, 2.05) is 0 Å². The first-order chi connectivity index (χ1) is 10.5. The van der Waals surface area contributed by atoms with E-state index in [0.717, 1.165) is 19.3 Å². The number of nitrogens with one attached hydrogen (secondary N) is 1. The highest BCUT2D eigenvalue weighted by molar-refractivity contribution is 5.93. The first-order valence-corrected chi connectivity index (χ1v) is 7.15. The normalized spacial score (nSPS) is 10.1. The van der Waals surface area contributed by atoms with Crippen LogP contribution in [-0.2, 0) is 9.53 Å². The molecule has 7 nitrogen and oxygen atoms in total. The molecule has 1 aromatic rings. The van der Waals surface area contributed by atoms with Crippen LogP contribution in [0.3, 0.4) is 0 Å². The number of benzene rings is 1. The number of rotatable bonds is 8. The van der Waals surface area contributed by atoms with Crippen molar-refractivity contribution in [2.75, 3.05) is 13.2 Å². The second-order valence-electron chi connectivity index (χ2n) is 4.84. The molecule has 0 aliphatic rings. The van der Waals surface area contributed by atoms with Crippen molar-refractivity contribution in [3.05, 3.63) is 39.4 Å². The standard InChI is InChI=1S/C15H20N2O5/c1-3-4-5-9-16-14(18)10-22-15(19)12-7-6-8-13(11(12)2)17(20)21/h6-8H,3-5,9-10H2,1-2H3,(H,16,18). The smallest absolute Gasteiger partial charge is 0.339 e. The van der Waals surface area contributed by atoms with E-state index in [-0.39, 0.29) is 22.7 Å². The molecule has 0 bridgehead atoms. The van der Waals surface area contributed by atoms with Crippen LogP contribution in [0.25, 0.3) is 0 Å². The molecule has 120 valence electrons. The SMILES string of the molecule is CCCCCNC(=O)COC(=O)c1cccc([N+](=O)[O-])c1C. The Morgan fingerprint density at radius 1 is 1.32 bits per heavy atom. The third-order valence-electron chi connectivity index (χ3n) is 3.16. The highest BCUT2D eigenvalue weighted by Gasteiger charge is 2.19. The lowest BCUT2D eigenvalue weighted by Gasteiger charge is -2.08. The van der Waals surface area contributed by atoms with Gasteiger partial charge < -0.3 is 10.1 Å². The maximum absolute atomic E-state index is 11.9. The molecular weight excluding hydrogens is 288 g/mol. The number of hydrogen-bond donors (Lipinski definition) is 1. The van der Waals surface area contributed by atoms with Crippen molar-refractivity contribution in [2.45, 2.75) is 33.1 Å². The van der Waals surface area contributed by atoms with E-state index >= 15 is 0 Å². The average Bonchev–Trinajstić information content (AvgIpc) is 2.49. The number of amides is 1. The van der Waals surface area contributed by atoms with Crippen molar-refractivity contribution in [1.29, 1.82) is 0 Å². The summed E-state index contributed by atoms with van der Waals surface area (Å²) in [5.41, 5.74) is 0.160. The Balaban J connectivity index is 2.54. The van der Waals surface area contributed by atoms with Gasteiger partial charge in [-0.1, -0.05) is 25.8 Å². The van der Waals surface area contributed by atoms with E-state index in [1.165, 1.54) is 25.1 Å². The third kappa shape index (κ3) is 5.16. The summed E-state index contributed by atoms with van der Waals surface area (Å²) in [5, 5.41) is 13.5. The zero-order chi connectivity index (χ0) is 16.5. The van der Waals surface area contributed by atoms with E-state index in [2.05, 4.69) is 12.2 Å². The highest BCUT2D eigenvalue weighted by atomic mass is 16.6. The fourth-order valence-electron chi connectivity index (χ4n) is 1.91. The Morgan fingerprint density at radius 2 is 2.05 bits per heavy atom. The van der Waals surface area contributed by atoms with Crippen LogP contribution in [0.5, 0.6) is 0 Å². The number of nitro groups is 1. The van der Waals surface area contributed by atoms with Crippen LogP contribution >= 0.6 is 0 Å². The maximum atomic E-state index is 11.9. The van der Waals surface area contributed by atoms with Crippen LogP contribution in [0.2, 0.25) is 0 Å². The van der Waals surface area contributed by atoms with E-state index in [0.29, 0.717) is 6.54 Å². The van der Waals surface area contributed by atoms with Gasteiger partial charge >= 0.3 is 5.97 Å². The summed E-state index contributed by atoms with van der Waals surface area (Å²) in [6, 6.07) is 4.16. The number of unbranched alkanes of at least 4 members (excludes halogenated alkanes) is 2. The molecule has 1 aromatic carbocycles. The number of ether oxygens (including phenoxy) is 1. The predicted octanol–water partition coefficient (Wildman–Crippen LogP) is 2.37. The van der Waals surface area contributed by atoms with E-state index < -0.39 is 17.5 Å². The van der Waals surface area contributed by atoms with Crippen molar-refractivity contribution in [3.8, 4) is 0 Å². The van der Waals surface area contributed by atoms with Gasteiger partial charge in [0, 0.05) is 18.2 Å². The Kier molecular flexibility index (Phi) is 7.01. The van der Waals surface area contributed by atoms with Gasteiger partial charge in [-0.05, 0) is 19.4 Å². The number of nitro benzene ring substituents is 1. The molecule has 0 aliphatic carbocycles. The van der Waals surface area contributed by atoms with Gasteiger partial charge in [0.15, 0.2) is 6.61 Å². The van der Waals surface area contributed by atoms with Crippen molar-refractivity contribution in [2.24, 2.45) is 0 Å². The molecule has 0 atom stereocenters. The van der Waals surface area contributed by atoms with Gasteiger partial charge in [-0.2, -0.15) is 0 Å². The Morgan fingerprint density at radius 3 is 2.68 bits per heavy atom. The number of carbonyl (C=O) groups excluding carboxylic acids is 2. The Hall–Kier alpha value is -2.44. The van der Waals surface area contributed by atoms with Crippen molar-refractivity contribution in [1.82, 2.24) is 5.32 Å². The van der Waals surface area contributed by atoms with Crippen molar-refractivity contribution >= 4 is 17.6 Å². The van der Waals surface area contributed by atoms with E-state index in [9.17, 15) is 19.7 Å². The van der Waals surface area contributed by atoms with Crippen LogP contribution in [0.4, 0.5) is 5.69 Å². The predicted molar refractivity (Wildman–Crippen MR) is 80.7 cm³/mol. The molecule has 0 heterocycles. The highest BCUT2D eigenvalue weighted by Crippen LogP contribution is 2.21. The molecular formula is C15H20N2O5. The first-order valence-electron chi connectivity index (χ1n) is 7.15. The molecule has 22 heavy (non-hydrogen) atoms. The zero-order valence-corrected chi connectivity index (χ0v) is 12.8. The molecule has 0 fully saturated rings. The Bertz CT molecular complexity index is 557. The number of nitrogens with zero attached hydrogens (tertiary/aromatic N) is 1. The lowest BCUT2D eigenvalue weighted by Crippen LogP contribution is -2.29. The minimum atomic E-state index is -0.745. The summed E-state index contributed by atoms with van der Waals surface area (Å²) in [5.74, 6) is -1.13. The Labute approximate surface area is 128 Å². The molecule has 0 radical (unpaired) electrons. The van der Waals surface area contributed by atoms with Gasteiger partial charge in [0.25, 0.3) is 11.6 Å². The molecule has 0 aromatic heterocycles. The molecule has 0 aliphatic heterocycles. The third-order valence-corrected chi connectivity index (χ3v) is 3.16.